The van der Waals surface area contributed by atoms with Gasteiger partial charge in [-0.3, -0.25) is 0 Å². The van der Waals surface area contributed by atoms with Gasteiger partial charge in [-0.2, -0.15) is 10.1 Å². The van der Waals surface area contributed by atoms with Crippen molar-refractivity contribution in [3.8, 4) is 5.75 Å². The normalized spacial score (nSPS) is 15.6. The zero-order valence-corrected chi connectivity index (χ0v) is 15.6. The van der Waals surface area contributed by atoms with Crippen molar-refractivity contribution in [3.05, 3.63) is 83.3 Å². The van der Waals surface area contributed by atoms with Crippen LogP contribution in [0.4, 0.5) is 5.95 Å². The Labute approximate surface area is 162 Å². The van der Waals surface area contributed by atoms with Crippen molar-refractivity contribution in [3.63, 3.8) is 0 Å². The SMILES string of the molecule is COc1ccc([C@H]2C(C(=O)OCc3ccccc3)=C(C)Nc3ncnn32)cc1. The molecule has 0 amide bonds. The minimum atomic E-state index is -0.437. The van der Waals surface area contributed by atoms with E-state index in [1.807, 2.05) is 61.5 Å². The van der Waals surface area contributed by atoms with Crippen LogP contribution in [0.25, 0.3) is 0 Å². The van der Waals surface area contributed by atoms with Gasteiger partial charge in [0.1, 0.15) is 24.7 Å². The summed E-state index contributed by atoms with van der Waals surface area (Å²) < 4.78 is 12.5. The molecule has 0 spiro atoms. The second-order valence-corrected chi connectivity index (χ2v) is 6.43. The van der Waals surface area contributed by atoms with E-state index in [1.165, 1.54) is 6.33 Å². The van der Waals surface area contributed by atoms with E-state index in [1.54, 1.807) is 11.8 Å². The number of hydrogen-bond acceptors (Lipinski definition) is 6. The predicted octanol–water partition coefficient (Wildman–Crippen LogP) is 3.32. The summed E-state index contributed by atoms with van der Waals surface area (Å²) in [6, 6.07) is 16.7. The first-order valence-corrected chi connectivity index (χ1v) is 8.89. The van der Waals surface area contributed by atoms with Gasteiger partial charge in [0.15, 0.2) is 0 Å². The third-order valence-electron chi connectivity index (χ3n) is 4.66. The lowest BCUT2D eigenvalue weighted by Gasteiger charge is -2.28. The molecule has 0 unspecified atom stereocenters. The van der Waals surface area contributed by atoms with Crippen LogP contribution in [0, 0.1) is 0 Å². The third-order valence-corrected chi connectivity index (χ3v) is 4.66. The maximum absolute atomic E-state index is 13.0. The number of hydrogen-bond donors (Lipinski definition) is 1. The highest BCUT2D eigenvalue weighted by atomic mass is 16.5. The number of aromatic nitrogens is 3. The van der Waals surface area contributed by atoms with Crippen LogP contribution in [-0.4, -0.2) is 27.8 Å². The maximum atomic E-state index is 13.0. The number of nitrogens with one attached hydrogen (secondary N) is 1. The highest BCUT2D eigenvalue weighted by Crippen LogP contribution is 2.35. The Bertz CT molecular complexity index is 1010. The molecule has 0 bridgehead atoms. The molecule has 0 radical (unpaired) electrons. The number of methoxy groups -OCH3 is 1. The van der Waals surface area contributed by atoms with Gasteiger partial charge < -0.3 is 14.8 Å². The average Bonchev–Trinajstić information content (AvgIpc) is 3.20. The summed E-state index contributed by atoms with van der Waals surface area (Å²) in [5.41, 5.74) is 3.01. The molecule has 7 nitrogen and oxygen atoms in total. The Morgan fingerprint density at radius 2 is 1.89 bits per heavy atom. The molecule has 2 aromatic carbocycles. The van der Waals surface area contributed by atoms with Gasteiger partial charge >= 0.3 is 5.97 Å². The maximum Gasteiger partial charge on any atom is 0.338 e. The number of anilines is 1. The second-order valence-electron chi connectivity index (χ2n) is 6.43. The van der Waals surface area contributed by atoms with Crippen LogP contribution >= 0.6 is 0 Å². The summed E-state index contributed by atoms with van der Waals surface area (Å²) in [6.45, 7) is 2.05. The van der Waals surface area contributed by atoms with Gasteiger partial charge in [-0.15, -0.1) is 0 Å². The van der Waals surface area contributed by atoms with Crippen LogP contribution in [0.3, 0.4) is 0 Å². The van der Waals surface area contributed by atoms with E-state index >= 15 is 0 Å². The number of esters is 1. The van der Waals surface area contributed by atoms with E-state index < -0.39 is 12.0 Å². The molecule has 0 saturated heterocycles. The molecule has 142 valence electrons. The molecule has 1 N–H and O–H groups in total. The number of nitrogens with zero attached hydrogens (tertiary/aromatic N) is 3. The number of benzene rings is 2. The van der Waals surface area contributed by atoms with Gasteiger partial charge in [0.25, 0.3) is 0 Å². The van der Waals surface area contributed by atoms with Crippen molar-refractivity contribution in [2.45, 2.75) is 19.6 Å². The molecule has 28 heavy (non-hydrogen) atoms. The van der Waals surface area contributed by atoms with Crippen LogP contribution in [0.1, 0.15) is 24.1 Å². The molecular weight excluding hydrogens is 356 g/mol. The lowest BCUT2D eigenvalue weighted by Crippen LogP contribution is -2.29. The standard InChI is InChI=1S/C21H20N4O3/c1-14-18(20(26)28-12-15-6-4-3-5-7-15)19(25-21(24-14)22-13-23-25)16-8-10-17(27-2)11-9-16/h3-11,13,19H,12H2,1-2H3,(H,22,23,24)/t19-/m0/s1. The first-order valence-electron chi connectivity index (χ1n) is 8.89. The largest absolute Gasteiger partial charge is 0.497 e. The summed E-state index contributed by atoms with van der Waals surface area (Å²) in [6.07, 6.45) is 1.46. The molecule has 4 rings (SSSR count). The highest BCUT2D eigenvalue weighted by Gasteiger charge is 2.34. The molecule has 7 heteroatoms. The van der Waals surface area contributed by atoms with Crippen LogP contribution in [0.15, 0.2) is 72.2 Å². The van der Waals surface area contributed by atoms with Crippen LogP contribution in [0.5, 0.6) is 5.75 Å². The first-order chi connectivity index (χ1) is 13.7. The minimum Gasteiger partial charge on any atom is -0.497 e. The van der Waals surface area contributed by atoms with E-state index in [4.69, 9.17) is 9.47 Å². The van der Waals surface area contributed by atoms with E-state index in [0.29, 0.717) is 17.2 Å². The molecule has 2 heterocycles. The summed E-state index contributed by atoms with van der Waals surface area (Å²) in [5, 5.41) is 7.45. The number of allylic oxidation sites excluding steroid dienone is 1. The van der Waals surface area contributed by atoms with Crippen molar-refractivity contribution >= 4 is 11.9 Å². The lowest BCUT2D eigenvalue weighted by molar-refractivity contribution is -0.140. The molecule has 0 aliphatic carbocycles. The van der Waals surface area contributed by atoms with Gasteiger partial charge in [0.05, 0.1) is 12.7 Å². The third kappa shape index (κ3) is 3.34. The molecule has 1 atom stereocenters. The fourth-order valence-corrected chi connectivity index (χ4v) is 3.25. The molecule has 1 aliphatic heterocycles. The topological polar surface area (TPSA) is 78.3 Å². The molecule has 0 fully saturated rings. The predicted molar refractivity (Wildman–Crippen MR) is 104 cm³/mol. The van der Waals surface area contributed by atoms with Gasteiger partial charge in [-0.05, 0) is 30.2 Å². The second kappa shape index (κ2) is 7.56. The van der Waals surface area contributed by atoms with Crippen molar-refractivity contribution < 1.29 is 14.3 Å². The minimum absolute atomic E-state index is 0.204. The van der Waals surface area contributed by atoms with Gasteiger partial charge in [-0.25, -0.2) is 9.48 Å². The lowest BCUT2D eigenvalue weighted by atomic mass is 9.96. The smallest absolute Gasteiger partial charge is 0.338 e. The number of fused-ring (bicyclic) bond motifs is 1. The Balaban J connectivity index is 1.67. The van der Waals surface area contributed by atoms with Gasteiger partial charge in [-0.1, -0.05) is 42.5 Å². The van der Waals surface area contributed by atoms with Gasteiger partial charge in [0, 0.05) is 5.70 Å². The summed E-state index contributed by atoms with van der Waals surface area (Å²) in [5.74, 6) is 0.930. The summed E-state index contributed by atoms with van der Waals surface area (Å²) in [7, 11) is 1.62. The fourth-order valence-electron chi connectivity index (χ4n) is 3.25. The Hall–Kier alpha value is -3.61. The molecule has 0 saturated carbocycles. The molecule has 1 aliphatic rings. The van der Waals surface area contributed by atoms with E-state index in [0.717, 1.165) is 16.9 Å². The molecular formula is C21H20N4O3. The first kappa shape index (κ1) is 17.8. The van der Waals surface area contributed by atoms with Gasteiger partial charge in [0.2, 0.25) is 5.95 Å². The zero-order chi connectivity index (χ0) is 19.5. The Morgan fingerprint density at radius 3 is 2.61 bits per heavy atom. The number of ether oxygens (including phenoxy) is 2. The Morgan fingerprint density at radius 1 is 1.14 bits per heavy atom. The van der Waals surface area contributed by atoms with E-state index in [9.17, 15) is 4.79 Å². The number of carbonyl (C=O) groups excluding carboxylic acids is 1. The van der Waals surface area contributed by atoms with Crippen molar-refractivity contribution in [1.29, 1.82) is 0 Å². The zero-order valence-electron chi connectivity index (χ0n) is 15.6. The average molecular weight is 376 g/mol. The summed E-state index contributed by atoms with van der Waals surface area (Å²) in [4.78, 5) is 17.2. The van der Waals surface area contributed by atoms with E-state index in [-0.39, 0.29) is 6.61 Å². The molecule has 3 aromatic rings. The monoisotopic (exact) mass is 376 g/mol. The van der Waals surface area contributed by atoms with Crippen LogP contribution < -0.4 is 10.1 Å². The number of carbonyl (C=O) groups is 1. The highest BCUT2D eigenvalue weighted by molar-refractivity contribution is 5.92. The van der Waals surface area contributed by atoms with Crippen molar-refractivity contribution in [2.24, 2.45) is 0 Å². The number of rotatable bonds is 5. The van der Waals surface area contributed by atoms with Crippen LogP contribution in [-0.2, 0) is 16.1 Å². The summed E-state index contributed by atoms with van der Waals surface area (Å²) >= 11 is 0. The quantitative estimate of drug-likeness (QED) is 0.688. The molecule has 1 aromatic heterocycles. The van der Waals surface area contributed by atoms with Crippen molar-refractivity contribution in [2.75, 3.05) is 12.4 Å². The van der Waals surface area contributed by atoms with Crippen molar-refractivity contribution in [1.82, 2.24) is 14.8 Å². The fraction of sp³-hybridized carbons (Fsp3) is 0.190. The Kier molecular flexibility index (Phi) is 4.80. The van der Waals surface area contributed by atoms with Crippen LogP contribution in [0.2, 0.25) is 0 Å². The van der Waals surface area contributed by atoms with E-state index in [2.05, 4.69) is 15.4 Å².